The van der Waals surface area contributed by atoms with E-state index in [1.165, 1.54) is 6.20 Å². The zero-order valence-electron chi connectivity index (χ0n) is 15.8. The van der Waals surface area contributed by atoms with E-state index < -0.39 is 22.6 Å². The van der Waals surface area contributed by atoms with Crippen molar-refractivity contribution in [2.24, 2.45) is 0 Å². The van der Waals surface area contributed by atoms with Gasteiger partial charge in [-0.1, -0.05) is 22.8 Å². The van der Waals surface area contributed by atoms with Crippen molar-refractivity contribution in [2.75, 3.05) is 17.3 Å². The van der Waals surface area contributed by atoms with E-state index in [-0.39, 0.29) is 17.6 Å². The Morgan fingerprint density at radius 1 is 1.45 bits per heavy atom. The number of rotatable bonds is 5. The molecule has 2 unspecified atom stereocenters. The van der Waals surface area contributed by atoms with Crippen molar-refractivity contribution in [3.05, 3.63) is 35.5 Å². The third-order valence-corrected chi connectivity index (χ3v) is 6.27. The van der Waals surface area contributed by atoms with Crippen LogP contribution in [0.4, 0.5) is 10.2 Å². The number of aromatic amines is 1. The van der Waals surface area contributed by atoms with Crippen LogP contribution in [-0.4, -0.2) is 53.2 Å². The summed E-state index contributed by atoms with van der Waals surface area (Å²) < 4.78 is 26.0. The molecule has 4 rings (SSSR count). The van der Waals surface area contributed by atoms with Gasteiger partial charge in [-0.2, -0.15) is 0 Å². The van der Waals surface area contributed by atoms with Crippen LogP contribution >= 0.6 is 11.6 Å². The average molecular weight is 438 g/mol. The summed E-state index contributed by atoms with van der Waals surface area (Å²) in [5, 5.41) is 15.1. The standard InChI is InChI=1S/C19H21ClFN5O2S/c1-29(28)10-19(27)4-2-3-12(6-19)25-18-15(21)9-24-17(26-18)14-8-23-16-13(14)5-11(20)7-22-16/h5,7-9,12,27H,2-4,6,10H2,1H3,(H,22,23)(H,24,25,26)/t12-,19?,29?/m0/s1. The SMILES string of the molecule is C[S+]([O-])CC1(O)CCC[C@H](Nc2nc(-c3c[nH]c4ncc(Cl)cc34)ncc2F)C1. The number of hydrogen-bond donors (Lipinski definition) is 3. The summed E-state index contributed by atoms with van der Waals surface area (Å²) in [5.74, 6) is 0.0558. The Morgan fingerprint density at radius 3 is 3.07 bits per heavy atom. The highest BCUT2D eigenvalue weighted by molar-refractivity contribution is 7.90. The first kappa shape index (κ1) is 20.3. The molecule has 3 heterocycles. The number of fused-ring (bicyclic) bond motifs is 1. The molecule has 1 aliphatic carbocycles. The molecule has 1 saturated carbocycles. The first-order valence-electron chi connectivity index (χ1n) is 9.27. The number of nitrogens with zero attached hydrogens (tertiary/aromatic N) is 3. The van der Waals surface area contributed by atoms with Crippen molar-refractivity contribution in [2.45, 2.75) is 37.3 Å². The Bertz CT molecular complexity index is 1030. The number of anilines is 1. The smallest absolute Gasteiger partial charge is 0.183 e. The lowest BCUT2D eigenvalue weighted by molar-refractivity contribution is 0.0214. The number of aliphatic hydroxyl groups is 1. The van der Waals surface area contributed by atoms with Gasteiger partial charge in [0.1, 0.15) is 17.0 Å². The number of nitrogens with one attached hydrogen (secondary N) is 2. The van der Waals surface area contributed by atoms with Crippen LogP contribution in [-0.2, 0) is 11.2 Å². The van der Waals surface area contributed by atoms with Crippen LogP contribution in [0.15, 0.2) is 24.7 Å². The second-order valence-electron chi connectivity index (χ2n) is 7.52. The van der Waals surface area contributed by atoms with E-state index in [2.05, 4.69) is 25.3 Å². The van der Waals surface area contributed by atoms with Gasteiger partial charge in [-0.15, -0.1) is 0 Å². The van der Waals surface area contributed by atoms with Gasteiger partial charge in [0.05, 0.1) is 17.5 Å². The van der Waals surface area contributed by atoms with Crippen LogP contribution in [0.2, 0.25) is 5.02 Å². The van der Waals surface area contributed by atoms with Gasteiger partial charge in [-0.05, 0) is 25.3 Å². The van der Waals surface area contributed by atoms with Crippen LogP contribution in [0.3, 0.4) is 0 Å². The first-order valence-corrected chi connectivity index (χ1v) is 11.4. The molecule has 0 aromatic carbocycles. The highest BCUT2D eigenvalue weighted by atomic mass is 35.5. The van der Waals surface area contributed by atoms with Crippen LogP contribution in [0, 0.1) is 5.82 Å². The highest BCUT2D eigenvalue weighted by Crippen LogP contribution is 2.32. The number of halogens is 2. The zero-order chi connectivity index (χ0) is 20.6. The maximum Gasteiger partial charge on any atom is 0.183 e. The number of H-pyrrole nitrogens is 1. The molecule has 0 saturated heterocycles. The molecule has 3 atom stereocenters. The van der Waals surface area contributed by atoms with Crippen LogP contribution in [0.25, 0.3) is 22.4 Å². The molecule has 0 amide bonds. The highest BCUT2D eigenvalue weighted by Gasteiger charge is 2.37. The summed E-state index contributed by atoms with van der Waals surface area (Å²) in [7, 11) is 0. The van der Waals surface area contributed by atoms with Crippen molar-refractivity contribution in [1.82, 2.24) is 19.9 Å². The van der Waals surface area contributed by atoms with Gasteiger partial charge in [-0.25, -0.2) is 19.3 Å². The largest absolute Gasteiger partial charge is 0.616 e. The third-order valence-electron chi connectivity index (χ3n) is 5.12. The predicted octanol–water partition coefficient (Wildman–Crippen LogP) is 3.28. The van der Waals surface area contributed by atoms with E-state index in [0.29, 0.717) is 34.9 Å². The number of pyridine rings is 1. The Hall–Kier alpha value is -1.94. The Kier molecular flexibility index (Phi) is 5.65. The molecule has 10 heteroatoms. The average Bonchev–Trinajstić information content (AvgIpc) is 3.05. The topological polar surface area (TPSA) is 110 Å². The van der Waals surface area contributed by atoms with E-state index in [1.807, 2.05) is 0 Å². The minimum atomic E-state index is -1.11. The van der Waals surface area contributed by atoms with Gasteiger partial charge >= 0.3 is 0 Å². The molecule has 0 spiro atoms. The van der Waals surface area contributed by atoms with Crippen LogP contribution < -0.4 is 5.32 Å². The van der Waals surface area contributed by atoms with Crippen molar-refractivity contribution in [1.29, 1.82) is 0 Å². The third kappa shape index (κ3) is 4.48. The van der Waals surface area contributed by atoms with Gasteiger partial charge in [0, 0.05) is 35.8 Å². The molecule has 1 aliphatic rings. The molecule has 0 bridgehead atoms. The van der Waals surface area contributed by atoms with Crippen LogP contribution in [0.1, 0.15) is 25.7 Å². The van der Waals surface area contributed by atoms with Gasteiger partial charge < -0.3 is 20.0 Å². The minimum absolute atomic E-state index is 0.0752. The summed E-state index contributed by atoms with van der Waals surface area (Å²) in [5.41, 5.74) is 0.289. The Labute approximate surface area is 175 Å². The van der Waals surface area contributed by atoms with Crippen molar-refractivity contribution < 1.29 is 14.0 Å². The van der Waals surface area contributed by atoms with Gasteiger partial charge in [-0.3, -0.25) is 0 Å². The van der Waals surface area contributed by atoms with Crippen LogP contribution in [0.5, 0.6) is 0 Å². The summed E-state index contributed by atoms with van der Waals surface area (Å²) in [6, 6.07) is 1.58. The van der Waals surface area contributed by atoms with Crippen molar-refractivity contribution in [3.63, 3.8) is 0 Å². The van der Waals surface area contributed by atoms with E-state index >= 15 is 0 Å². The molecular formula is C19H21ClFN5O2S. The zero-order valence-corrected chi connectivity index (χ0v) is 17.4. The normalized spacial score (nSPS) is 23.3. The lowest BCUT2D eigenvalue weighted by Gasteiger charge is -2.36. The summed E-state index contributed by atoms with van der Waals surface area (Å²) >= 11 is 4.94. The molecule has 1 fully saturated rings. The van der Waals surface area contributed by atoms with E-state index in [0.717, 1.165) is 24.4 Å². The fourth-order valence-electron chi connectivity index (χ4n) is 3.93. The van der Waals surface area contributed by atoms with Crippen molar-refractivity contribution in [3.8, 4) is 11.4 Å². The molecule has 154 valence electrons. The fourth-order valence-corrected chi connectivity index (χ4v) is 5.10. The lowest BCUT2D eigenvalue weighted by Crippen LogP contribution is -2.45. The van der Waals surface area contributed by atoms with Crippen molar-refractivity contribution >= 4 is 39.6 Å². The van der Waals surface area contributed by atoms with Gasteiger partial charge in [0.15, 0.2) is 17.5 Å². The molecule has 0 radical (unpaired) electrons. The minimum Gasteiger partial charge on any atom is -0.616 e. The second kappa shape index (κ2) is 8.06. The van der Waals surface area contributed by atoms with E-state index in [1.54, 1.807) is 18.5 Å². The van der Waals surface area contributed by atoms with E-state index in [9.17, 15) is 14.0 Å². The Morgan fingerprint density at radius 2 is 2.28 bits per heavy atom. The summed E-state index contributed by atoms with van der Waals surface area (Å²) in [6.07, 6.45) is 8.45. The molecule has 29 heavy (non-hydrogen) atoms. The second-order valence-corrected chi connectivity index (χ2v) is 9.39. The van der Waals surface area contributed by atoms with E-state index in [4.69, 9.17) is 11.6 Å². The molecule has 7 nitrogen and oxygen atoms in total. The number of hydrogen-bond acceptors (Lipinski definition) is 6. The molecule has 3 aromatic rings. The molecule has 3 N–H and O–H groups in total. The quantitative estimate of drug-likeness (QED) is 0.528. The van der Waals surface area contributed by atoms with Gasteiger partial charge in [0.2, 0.25) is 0 Å². The monoisotopic (exact) mass is 437 g/mol. The summed E-state index contributed by atoms with van der Waals surface area (Å²) in [4.78, 5) is 15.7. The molecular weight excluding hydrogens is 417 g/mol. The number of aromatic nitrogens is 4. The maximum atomic E-state index is 14.4. The molecule has 3 aromatic heterocycles. The van der Waals surface area contributed by atoms with Gasteiger partial charge in [0.25, 0.3) is 0 Å². The maximum absolute atomic E-state index is 14.4. The first-order chi connectivity index (χ1) is 13.8. The Balaban J connectivity index is 1.60. The predicted molar refractivity (Wildman–Crippen MR) is 112 cm³/mol. The fraction of sp³-hybridized carbons (Fsp3) is 0.421. The lowest BCUT2D eigenvalue weighted by atomic mass is 9.83. The molecule has 0 aliphatic heterocycles. The summed E-state index contributed by atoms with van der Waals surface area (Å²) in [6.45, 7) is 0.